The van der Waals surface area contributed by atoms with Crippen molar-refractivity contribution in [1.82, 2.24) is 0 Å². The molecule has 1 aromatic heterocycles. The Morgan fingerprint density at radius 3 is 3.00 bits per heavy atom. The second-order valence-corrected chi connectivity index (χ2v) is 3.66. The normalized spacial score (nSPS) is 9.85. The van der Waals surface area contributed by atoms with Crippen molar-refractivity contribution in [3.05, 3.63) is 53.9 Å². The summed E-state index contributed by atoms with van der Waals surface area (Å²) in [6.07, 6.45) is 1.82. The molecule has 0 bridgehead atoms. The molecule has 0 atom stereocenters. The van der Waals surface area contributed by atoms with E-state index < -0.39 is 0 Å². The van der Waals surface area contributed by atoms with Crippen LogP contribution in [0.15, 0.2) is 42.3 Å². The Morgan fingerprint density at radius 1 is 1.38 bits per heavy atom. The molecule has 2 rings (SSSR count). The van der Waals surface area contributed by atoms with Crippen molar-refractivity contribution in [3.63, 3.8) is 0 Å². The monoisotopic (exact) mass is 185 g/mol. The van der Waals surface area contributed by atoms with E-state index in [-0.39, 0.29) is 0 Å². The SMILES string of the molecule is C=Cc1[c]ccc(-c2cccs2)c1. The minimum atomic E-state index is 1.05. The van der Waals surface area contributed by atoms with Gasteiger partial charge in [0, 0.05) is 4.88 Å². The van der Waals surface area contributed by atoms with Crippen LogP contribution in [0.3, 0.4) is 0 Å². The summed E-state index contributed by atoms with van der Waals surface area (Å²) in [5.74, 6) is 0. The molecule has 0 aliphatic heterocycles. The Morgan fingerprint density at radius 2 is 2.31 bits per heavy atom. The summed E-state index contributed by atoms with van der Waals surface area (Å²) >= 11 is 1.75. The second kappa shape index (κ2) is 3.58. The fourth-order valence-electron chi connectivity index (χ4n) is 1.20. The van der Waals surface area contributed by atoms with Gasteiger partial charge in [-0.15, -0.1) is 11.3 Å². The van der Waals surface area contributed by atoms with E-state index in [1.165, 1.54) is 10.4 Å². The lowest BCUT2D eigenvalue weighted by molar-refractivity contribution is 1.64. The molecule has 0 fully saturated rings. The van der Waals surface area contributed by atoms with Gasteiger partial charge in [0.15, 0.2) is 0 Å². The Hall–Kier alpha value is -1.34. The zero-order chi connectivity index (χ0) is 9.10. The van der Waals surface area contributed by atoms with Crippen LogP contribution in [-0.2, 0) is 0 Å². The molecule has 2 aromatic rings. The zero-order valence-electron chi connectivity index (χ0n) is 7.16. The van der Waals surface area contributed by atoms with Gasteiger partial charge in [0.1, 0.15) is 0 Å². The van der Waals surface area contributed by atoms with Gasteiger partial charge in [-0.3, -0.25) is 0 Å². The maximum Gasteiger partial charge on any atom is 0.0342 e. The third-order valence-electron chi connectivity index (χ3n) is 1.85. The van der Waals surface area contributed by atoms with E-state index in [4.69, 9.17) is 0 Å². The van der Waals surface area contributed by atoms with E-state index in [9.17, 15) is 0 Å². The maximum atomic E-state index is 3.73. The van der Waals surface area contributed by atoms with Gasteiger partial charge in [0.2, 0.25) is 0 Å². The molecule has 0 aliphatic carbocycles. The molecular weight excluding hydrogens is 176 g/mol. The maximum absolute atomic E-state index is 3.73. The number of hydrogen-bond acceptors (Lipinski definition) is 1. The third-order valence-corrected chi connectivity index (χ3v) is 2.77. The molecule has 0 aliphatic rings. The molecule has 0 saturated heterocycles. The lowest BCUT2D eigenvalue weighted by atomic mass is 10.1. The lowest BCUT2D eigenvalue weighted by Crippen LogP contribution is -1.74. The van der Waals surface area contributed by atoms with Crippen molar-refractivity contribution in [2.45, 2.75) is 0 Å². The first-order chi connectivity index (χ1) is 6.40. The average Bonchev–Trinajstić information content (AvgIpc) is 2.71. The van der Waals surface area contributed by atoms with Crippen molar-refractivity contribution in [1.29, 1.82) is 0 Å². The molecule has 13 heavy (non-hydrogen) atoms. The van der Waals surface area contributed by atoms with E-state index >= 15 is 0 Å². The summed E-state index contributed by atoms with van der Waals surface area (Å²) in [7, 11) is 0. The average molecular weight is 185 g/mol. The van der Waals surface area contributed by atoms with Crippen LogP contribution in [0.1, 0.15) is 5.56 Å². The van der Waals surface area contributed by atoms with Gasteiger partial charge in [-0.25, -0.2) is 0 Å². The molecule has 0 unspecified atom stereocenters. The summed E-state index contributed by atoms with van der Waals surface area (Å²) in [5.41, 5.74) is 2.29. The Labute approximate surface area is 82.2 Å². The Bertz CT molecular complexity index is 399. The zero-order valence-corrected chi connectivity index (χ0v) is 7.97. The van der Waals surface area contributed by atoms with Crippen LogP contribution in [0.4, 0.5) is 0 Å². The van der Waals surface area contributed by atoms with Crippen molar-refractivity contribution in [3.8, 4) is 10.4 Å². The van der Waals surface area contributed by atoms with E-state index in [2.05, 4.69) is 42.3 Å². The summed E-state index contributed by atoms with van der Waals surface area (Å²) in [4.78, 5) is 1.29. The summed E-state index contributed by atoms with van der Waals surface area (Å²) in [6, 6.07) is 13.4. The predicted molar refractivity (Wildman–Crippen MR) is 58.7 cm³/mol. The fraction of sp³-hybridized carbons (Fsp3) is 0. The van der Waals surface area contributed by atoms with Crippen molar-refractivity contribution in [2.24, 2.45) is 0 Å². The number of rotatable bonds is 2. The van der Waals surface area contributed by atoms with Crippen LogP contribution in [0, 0.1) is 6.07 Å². The quantitative estimate of drug-likeness (QED) is 0.666. The smallest absolute Gasteiger partial charge is 0.0342 e. The topological polar surface area (TPSA) is 0 Å². The van der Waals surface area contributed by atoms with Crippen LogP contribution in [0.25, 0.3) is 16.5 Å². The molecule has 0 amide bonds. The molecule has 0 saturated carbocycles. The van der Waals surface area contributed by atoms with E-state index in [0.29, 0.717) is 0 Å². The van der Waals surface area contributed by atoms with Gasteiger partial charge in [0.25, 0.3) is 0 Å². The minimum absolute atomic E-state index is 1.05. The molecule has 1 heterocycles. The third kappa shape index (κ3) is 1.70. The van der Waals surface area contributed by atoms with Crippen LogP contribution < -0.4 is 0 Å². The highest BCUT2D eigenvalue weighted by atomic mass is 32.1. The van der Waals surface area contributed by atoms with E-state index in [1.54, 1.807) is 11.3 Å². The molecule has 0 N–H and O–H groups in total. The van der Waals surface area contributed by atoms with Crippen LogP contribution >= 0.6 is 11.3 Å². The van der Waals surface area contributed by atoms with E-state index in [0.717, 1.165) is 5.56 Å². The van der Waals surface area contributed by atoms with Gasteiger partial charge in [0.05, 0.1) is 0 Å². The second-order valence-electron chi connectivity index (χ2n) is 2.71. The first-order valence-electron chi connectivity index (χ1n) is 4.08. The van der Waals surface area contributed by atoms with Gasteiger partial charge in [-0.1, -0.05) is 30.9 Å². The van der Waals surface area contributed by atoms with Crippen molar-refractivity contribution >= 4 is 17.4 Å². The Kier molecular flexibility index (Phi) is 2.28. The predicted octanol–water partition coefficient (Wildman–Crippen LogP) is 3.86. The van der Waals surface area contributed by atoms with Gasteiger partial charge < -0.3 is 0 Å². The van der Waals surface area contributed by atoms with Crippen molar-refractivity contribution in [2.75, 3.05) is 0 Å². The summed E-state index contributed by atoms with van der Waals surface area (Å²) < 4.78 is 0. The standard InChI is InChI=1S/C12H9S/c1-2-10-5-3-6-11(9-10)12-7-4-8-13-12/h2-4,6-9H,1H2. The number of hydrogen-bond donors (Lipinski definition) is 0. The highest BCUT2D eigenvalue weighted by Gasteiger charge is 1.97. The van der Waals surface area contributed by atoms with Crippen LogP contribution in [0.2, 0.25) is 0 Å². The van der Waals surface area contributed by atoms with Gasteiger partial charge in [-0.2, -0.15) is 0 Å². The van der Waals surface area contributed by atoms with Gasteiger partial charge in [-0.05, 0) is 34.7 Å². The highest BCUT2D eigenvalue weighted by molar-refractivity contribution is 7.13. The molecular formula is C12H9S. The highest BCUT2D eigenvalue weighted by Crippen LogP contribution is 2.25. The molecule has 1 aromatic carbocycles. The molecule has 1 radical (unpaired) electrons. The lowest BCUT2D eigenvalue weighted by Gasteiger charge is -1.97. The summed E-state index contributed by atoms with van der Waals surface area (Å²) in [6.45, 7) is 3.73. The summed E-state index contributed by atoms with van der Waals surface area (Å²) in [5, 5.41) is 2.08. The Balaban J connectivity index is 2.47. The van der Waals surface area contributed by atoms with Gasteiger partial charge >= 0.3 is 0 Å². The first kappa shape index (κ1) is 8.27. The number of thiophene rings is 1. The van der Waals surface area contributed by atoms with Crippen LogP contribution in [-0.4, -0.2) is 0 Å². The minimum Gasteiger partial charge on any atom is -0.144 e. The van der Waals surface area contributed by atoms with Crippen LogP contribution in [0.5, 0.6) is 0 Å². The first-order valence-corrected chi connectivity index (χ1v) is 4.96. The number of benzene rings is 1. The fourth-order valence-corrected chi connectivity index (χ4v) is 1.92. The molecule has 1 heteroatoms. The molecule has 0 spiro atoms. The molecule has 0 nitrogen and oxygen atoms in total. The molecule has 63 valence electrons. The largest absolute Gasteiger partial charge is 0.144 e. The van der Waals surface area contributed by atoms with Crippen molar-refractivity contribution < 1.29 is 0 Å². The van der Waals surface area contributed by atoms with E-state index in [1.807, 2.05) is 12.1 Å².